The summed E-state index contributed by atoms with van der Waals surface area (Å²) in [7, 11) is 0. The SMILES string of the molecule is C[C@H](/C=C/CCO)[C@@]1(O)C(=O)N(Cc2cccc(-n3[nH]c4ccccc4c3=O)c2)c2ccc([N+](=O)[O-])cc21. The highest BCUT2D eigenvalue weighted by Gasteiger charge is 2.53. The number of fused-ring (bicyclic) bond motifs is 2. The van der Waals surface area contributed by atoms with Crippen LogP contribution in [0.2, 0.25) is 0 Å². The van der Waals surface area contributed by atoms with Crippen molar-refractivity contribution in [2.45, 2.75) is 25.5 Å². The first-order chi connectivity index (χ1) is 18.3. The van der Waals surface area contributed by atoms with Crippen LogP contribution in [0.25, 0.3) is 16.6 Å². The molecule has 0 radical (unpaired) electrons. The molecule has 0 unspecified atom stereocenters. The average Bonchev–Trinajstić information content (AvgIpc) is 3.37. The van der Waals surface area contributed by atoms with Crippen LogP contribution >= 0.6 is 0 Å². The summed E-state index contributed by atoms with van der Waals surface area (Å²) in [6.07, 6.45) is 3.64. The number of H-pyrrole nitrogens is 1. The van der Waals surface area contributed by atoms with Gasteiger partial charge in [0.25, 0.3) is 17.2 Å². The lowest BCUT2D eigenvalue weighted by molar-refractivity contribution is -0.385. The topological polar surface area (TPSA) is 142 Å². The lowest BCUT2D eigenvalue weighted by atomic mass is 9.82. The Bertz CT molecular complexity index is 1640. The number of rotatable bonds is 8. The highest BCUT2D eigenvalue weighted by atomic mass is 16.6. The highest BCUT2D eigenvalue weighted by Crippen LogP contribution is 2.47. The molecule has 3 aromatic carbocycles. The van der Waals surface area contributed by atoms with Crippen LogP contribution in [0.5, 0.6) is 0 Å². The molecule has 1 aliphatic rings. The molecule has 194 valence electrons. The van der Waals surface area contributed by atoms with Crippen molar-refractivity contribution in [3.63, 3.8) is 0 Å². The molecular weight excluding hydrogens is 488 g/mol. The number of non-ortho nitro benzene ring substituents is 1. The highest BCUT2D eigenvalue weighted by molar-refractivity contribution is 6.07. The maximum Gasteiger partial charge on any atom is 0.279 e. The van der Waals surface area contributed by atoms with Gasteiger partial charge in [-0.1, -0.05) is 43.3 Å². The first kappa shape index (κ1) is 25.1. The maximum absolute atomic E-state index is 13.7. The summed E-state index contributed by atoms with van der Waals surface area (Å²) in [5.41, 5.74) is 0.0299. The number of nitrogens with zero attached hydrogens (tertiary/aromatic N) is 3. The molecule has 3 N–H and O–H groups in total. The van der Waals surface area contributed by atoms with Gasteiger partial charge in [-0.3, -0.25) is 24.8 Å². The Morgan fingerprint density at radius 2 is 1.89 bits per heavy atom. The third kappa shape index (κ3) is 4.09. The van der Waals surface area contributed by atoms with Crippen LogP contribution in [0.1, 0.15) is 24.5 Å². The number of carbonyl (C=O) groups is 1. The van der Waals surface area contributed by atoms with Crippen molar-refractivity contribution in [3.05, 3.63) is 110 Å². The lowest BCUT2D eigenvalue weighted by Gasteiger charge is -2.27. The number of carbonyl (C=O) groups excluding carboxylic acids is 1. The third-order valence-corrected chi connectivity index (χ3v) is 6.95. The van der Waals surface area contributed by atoms with Crippen LogP contribution in [0.3, 0.4) is 0 Å². The van der Waals surface area contributed by atoms with Crippen molar-refractivity contribution >= 4 is 28.2 Å². The van der Waals surface area contributed by atoms with Gasteiger partial charge in [-0.15, -0.1) is 0 Å². The molecule has 1 aromatic heterocycles. The van der Waals surface area contributed by atoms with Crippen molar-refractivity contribution in [1.29, 1.82) is 0 Å². The fraction of sp³-hybridized carbons (Fsp3) is 0.214. The fourth-order valence-corrected chi connectivity index (χ4v) is 4.94. The van der Waals surface area contributed by atoms with Gasteiger partial charge >= 0.3 is 0 Å². The summed E-state index contributed by atoms with van der Waals surface area (Å²) in [4.78, 5) is 38.9. The van der Waals surface area contributed by atoms with E-state index >= 15 is 0 Å². The van der Waals surface area contributed by atoms with E-state index in [4.69, 9.17) is 5.11 Å². The molecule has 10 nitrogen and oxygen atoms in total. The van der Waals surface area contributed by atoms with E-state index in [0.717, 1.165) is 0 Å². The van der Waals surface area contributed by atoms with Gasteiger partial charge in [-0.05, 0) is 42.3 Å². The van der Waals surface area contributed by atoms with E-state index in [1.807, 2.05) is 12.1 Å². The molecule has 10 heteroatoms. The summed E-state index contributed by atoms with van der Waals surface area (Å²) in [6.45, 7) is 1.64. The van der Waals surface area contributed by atoms with E-state index in [1.165, 1.54) is 27.8 Å². The predicted octanol–water partition coefficient (Wildman–Crippen LogP) is 3.54. The number of amides is 1. The van der Waals surface area contributed by atoms with E-state index in [9.17, 15) is 24.8 Å². The summed E-state index contributed by atoms with van der Waals surface area (Å²) in [6, 6.07) is 18.3. The van der Waals surface area contributed by atoms with Gasteiger partial charge in [0.05, 0.1) is 33.7 Å². The summed E-state index contributed by atoms with van der Waals surface area (Å²) < 4.78 is 1.43. The van der Waals surface area contributed by atoms with Crippen LogP contribution in [-0.4, -0.2) is 37.4 Å². The van der Waals surface area contributed by atoms with E-state index in [-0.39, 0.29) is 30.0 Å². The quantitative estimate of drug-likeness (QED) is 0.187. The van der Waals surface area contributed by atoms with Gasteiger partial charge in [0.1, 0.15) is 0 Å². The molecule has 0 bridgehead atoms. The first-order valence-corrected chi connectivity index (χ1v) is 12.2. The van der Waals surface area contributed by atoms with Gasteiger partial charge in [-0.2, -0.15) is 0 Å². The molecular formula is C28H26N4O6. The molecule has 0 fully saturated rings. The largest absolute Gasteiger partial charge is 0.396 e. The van der Waals surface area contributed by atoms with Crippen molar-refractivity contribution < 1.29 is 19.9 Å². The maximum atomic E-state index is 13.7. The van der Waals surface area contributed by atoms with Crippen molar-refractivity contribution in [3.8, 4) is 5.69 Å². The zero-order valence-electron chi connectivity index (χ0n) is 20.6. The molecule has 0 saturated carbocycles. The molecule has 0 spiro atoms. The van der Waals surface area contributed by atoms with Crippen LogP contribution in [0.15, 0.2) is 83.7 Å². The molecule has 5 rings (SSSR count). The number of hydrogen-bond donors (Lipinski definition) is 3. The molecule has 0 saturated heterocycles. The summed E-state index contributed by atoms with van der Waals surface area (Å²) in [5.74, 6) is -1.33. The number of nitro groups is 1. The van der Waals surface area contributed by atoms with Crippen LogP contribution in [0.4, 0.5) is 11.4 Å². The van der Waals surface area contributed by atoms with Gasteiger partial charge in [0, 0.05) is 30.2 Å². The Morgan fingerprint density at radius 3 is 2.63 bits per heavy atom. The Hall–Kier alpha value is -4.54. The van der Waals surface area contributed by atoms with Crippen molar-refractivity contribution in [2.24, 2.45) is 5.92 Å². The number of nitrogens with one attached hydrogen (secondary N) is 1. The van der Waals surface area contributed by atoms with E-state index < -0.39 is 22.3 Å². The third-order valence-electron chi connectivity index (χ3n) is 6.95. The van der Waals surface area contributed by atoms with Crippen LogP contribution in [0, 0.1) is 16.0 Å². The number of hydrogen-bond acceptors (Lipinski definition) is 6. The molecule has 4 aromatic rings. The number of aliphatic hydroxyl groups is 2. The minimum absolute atomic E-state index is 0.0713. The molecule has 1 aliphatic heterocycles. The van der Waals surface area contributed by atoms with Gasteiger partial charge in [0.15, 0.2) is 5.60 Å². The number of benzene rings is 3. The van der Waals surface area contributed by atoms with Crippen LogP contribution in [-0.2, 0) is 16.9 Å². The predicted molar refractivity (Wildman–Crippen MR) is 142 cm³/mol. The molecule has 2 heterocycles. The number of aromatic amines is 1. The number of anilines is 1. The second kappa shape index (κ2) is 9.73. The monoisotopic (exact) mass is 514 g/mol. The van der Waals surface area contributed by atoms with Gasteiger partial charge in [-0.25, -0.2) is 4.68 Å². The number of aromatic nitrogens is 2. The number of nitro benzene ring substituents is 1. The first-order valence-electron chi connectivity index (χ1n) is 12.2. The fourth-order valence-electron chi connectivity index (χ4n) is 4.94. The molecule has 2 atom stereocenters. The average molecular weight is 515 g/mol. The standard InChI is InChI=1S/C28H26N4O6/c1-18(7-4-5-14-33)28(36)23-16-21(32(37)38)12-13-25(23)30(27(28)35)17-19-8-6-9-20(15-19)31-26(34)22-10-2-3-11-24(22)29-31/h2-4,6-13,15-16,18,29,33,36H,5,14,17H2,1H3/b7-4+/t18-,28+/m1/s1. The minimum Gasteiger partial charge on any atom is -0.396 e. The Balaban J connectivity index is 1.54. The van der Waals surface area contributed by atoms with Crippen molar-refractivity contribution in [1.82, 2.24) is 9.78 Å². The van der Waals surface area contributed by atoms with E-state index in [0.29, 0.717) is 34.3 Å². The Kier molecular flexibility index (Phi) is 6.43. The van der Waals surface area contributed by atoms with Gasteiger partial charge < -0.3 is 15.1 Å². The zero-order chi connectivity index (χ0) is 27.0. The summed E-state index contributed by atoms with van der Waals surface area (Å²) in [5, 5.41) is 35.9. The lowest BCUT2D eigenvalue weighted by Crippen LogP contribution is -2.44. The summed E-state index contributed by atoms with van der Waals surface area (Å²) >= 11 is 0. The molecule has 1 amide bonds. The minimum atomic E-state index is -2.03. The van der Waals surface area contributed by atoms with Crippen LogP contribution < -0.4 is 10.5 Å². The van der Waals surface area contributed by atoms with Crippen molar-refractivity contribution in [2.75, 3.05) is 11.5 Å². The second-order valence-electron chi connectivity index (χ2n) is 9.31. The molecule has 0 aliphatic carbocycles. The van der Waals surface area contributed by atoms with Gasteiger partial charge in [0.2, 0.25) is 0 Å². The van der Waals surface area contributed by atoms with E-state index in [2.05, 4.69) is 5.10 Å². The smallest absolute Gasteiger partial charge is 0.279 e. The Labute approximate surface area is 217 Å². The zero-order valence-corrected chi connectivity index (χ0v) is 20.6. The molecule has 38 heavy (non-hydrogen) atoms. The normalized spacial score (nSPS) is 17.9. The number of aliphatic hydroxyl groups excluding tert-OH is 1. The Morgan fingerprint density at radius 1 is 1.11 bits per heavy atom. The number of para-hydroxylation sites is 1. The second-order valence-corrected chi connectivity index (χ2v) is 9.31. The van der Waals surface area contributed by atoms with E-state index in [1.54, 1.807) is 55.5 Å².